The molecule has 7 rings (SSSR count). The van der Waals surface area contributed by atoms with Gasteiger partial charge in [-0.3, -0.25) is 10.1 Å². The molecule has 0 saturated carbocycles. The number of ether oxygens (including phenoxy) is 12. The molecule has 0 spiro atoms. The Kier molecular flexibility index (Phi) is 16.3. The maximum atomic E-state index is 10.9. The van der Waals surface area contributed by atoms with Gasteiger partial charge in [0, 0.05) is 12.1 Å². The van der Waals surface area contributed by atoms with Crippen molar-refractivity contribution in [3.05, 3.63) is 34.4 Å². The number of benzene rings is 1. The summed E-state index contributed by atoms with van der Waals surface area (Å²) in [5.74, 6) is 0.101. The molecule has 24 unspecified atom stereocenters. The van der Waals surface area contributed by atoms with Crippen LogP contribution in [-0.2, 0) is 52.1 Å². The number of nitrogens with zero attached hydrogens (tertiary/aromatic N) is 1. The molecule has 13 N–H and O–H groups in total. The molecule has 6 saturated heterocycles. The molecule has 28 nitrogen and oxygen atoms in total. The van der Waals surface area contributed by atoms with Gasteiger partial charge in [0.1, 0.15) is 116 Å². The van der Waals surface area contributed by atoms with Crippen LogP contribution in [-0.4, -0.2) is 259 Å². The van der Waals surface area contributed by atoms with Gasteiger partial charge in [-0.25, -0.2) is 0 Å². The minimum atomic E-state index is -1.86. The van der Waals surface area contributed by atoms with Crippen molar-refractivity contribution in [3.63, 3.8) is 0 Å². The molecule has 6 fully saturated rings. The topological polar surface area (TPSA) is 417 Å². The number of nitro benzene ring substituents is 1. The van der Waals surface area contributed by atoms with Gasteiger partial charge < -0.3 is 123 Å². The first-order valence-corrected chi connectivity index (χ1v) is 20.2. The van der Waals surface area contributed by atoms with Crippen LogP contribution in [0.4, 0.5) is 5.69 Å². The largest absolute Gasteiger partial charge is 0.462 e. The average molecular weight is 932 g/mol. The molecule has 28 heteroatoms. The lowest BCUT2D eigenvalue weighted by molar-refractivity contribution is -0.384. The zero-order chi connectivity index (χ0) is 46.1. The summed E-state index contributed by atoms with van der Waals surface area (Å²) in [6.07, 6.45) is -38.3. The second-order valence-electron chi connectivity index (χ2n) is 15.9. The van der Waals surface area contributed by atoms with Crippen molar-refractivity contribution in [1.29, 1.82) is 0 Å². The predicted molar refractivity (Wildman–Crippen MR) is 195 cm³/mol. The molecule has 364 valence electrons. The number of aliphatic hydroxyl groups is 13. The van der Waals surface area contributed by atoms with Gasteiger partial charge in [0.05, 0.1) is 44.6 Å². The van der Waals surface area contributed by atoms with E-state index in [0.29, 0.717) is 0 Å². The number of hydrogen-bond donors (Lipinski definition) is 13. The van der Waals surface area contributed by atoms with Crippen LogP contribution in [0.5, 0.6) is 5.75 Å². The highest BCUT2D eigenvalue weighted by molar-refractivity contribution is 5.36. The summed E-state index contributed by atoms with van der Waals surface area (Å²) in [6, 6.07) is 4.88. The van der Waals surface area contributed by atoms with Crippen molar-refractivity contribution in [2.45, 2.75) is 148 Å². The number of aliphatic hydroxyl groups excluding tert-OH is 13. The molecule has 24 atom stereocenters. The SMILES string of the molecule is O=[N+]([O-])c1ccc(OC2OCC(OC3OCC(OC4OCC(OC5OCC(OC6OCC(OC7OCC(O)C(O)C7O)C(O)C6O)C(O)C5O)C(O)C4O)C(O)C3O)C(O)C2O)cc1. The fraction of sp³-hybridized carbons (Fsp3) is 0.833. The Morgan fingerprint density at radius 2 is 0.656 bits per heavy atom. The molecule has 0 aliphatic carbocycles. The molecule has 0 aromatic heterocycles. The summed E-state index contributed by atoms with van der Waals surface area (Å²) in [4.78, 5) is 10.3. The summed E-state index contributed by atoms with van der Waals surface area (Å²) in [5, 5.41) is 148. The molecule has 0 amide bonds. The van der Waals surface area contributed by atoms with Crippen LogP contribution in [0.3, 0.4) is 0 Å². The van der Waals surface area contributed by atoms with Crippen LogP contribution in [0.15, 0.2) is 24.3 Å². The average Bonchev–Trinajstić information content (AvgIpc) is 3.27. The van der Waals surface area contributed by atoms with E-state index in [4.69, 9.17) is 56.8 Å². The zero-order valence-corrected chi connectivity index (χ0v) is 33.4. The van der Waals surface area contributed by atoms with Gasteiger partial charge in [-0.05, 0) is 12.1 Å². The lowest BCUT2D eigenvalue weighted by Crippen LogP contribution is -2.63. The maximum Gasteiger partial charge on any atom is 0.269 e. The highest BCUT2D eigenvalue weighted by Gasteiger charge is 2.51. The van der Waals surface area contributed by atoms with Crippen molar-refractivity contribution in [2.24, 2.45) is 0 Å². The summed E-state index contributed by atoms with van der Waals surface area (Å²) >= 11 is 0. The Hall–Kier alpha value is -2.54. The first-order valence-electron chi connectivity index (χ1n) is 20.2. The van der Waals surface area contributed by atoms with E-state index in [1.807, 2.05) is 0 Å². The van der Waals surface area contributed by atoms with Crippen LogP contribution in [0.1, 0.15) is 0 Å². The zero-order valence-electron chi connectivity index (χ0n) is 33.4. The normalized spacial score (nSPS) is 48.1. The standard InChI is InChI=1S/C36H53NO27/c38-13-5-53-32(25(45)19(13)39)60-15-7-55-34(27(47)21(15)41)62-17-9-57-36(29(49)23(17)43)64-18-10-58-35(30(50)24(18)44)63-16-8-56-33(28(48)22(16)42)61-14-6-54-31(26(46)20(14)40)59-12-3-1-11(2-4-12)37(51)52/h1-4,13-36,38-50H,5-10H2. The highest BCUT2D eigenvalue weighted by atomic mass is 16.8. The van der Waals surface area contributed by atoms with Gasteiger partial charge in [0.2, 0.25) is 6.29 Å². The quantitative estimate of drug-likeness (QED) is 0.0645. The molecule has 64 heavy (non-hydrogen) atoms. The van der Waals surface area contributed by atoms with Crippen LogP contribution in [0.2, 0.25) is 0 Å². The minimum Gasteiger partial charge on any atom is -0.462 e. The summed E-state index contributed by atoms with van der Waals surface area (Å²) in [5.41, 5.74) is -0.200. The van der Waals surface area contributed by atoms with Gasteiger partial charge in [-0.2, -0.15) is 0 Å². The van der Waals surface area contributed by atoms with Gasteiger partial charge >= 0.3 is 0 Å². The Bertz CT molecular complexity index is 1650. The van der Waals surface area contributed by atoms with Crippen LogP contribution >= 0.6 is 0 Å². The number of hydrogen-bond acceptors (Lipinski definition) is 27. The van der Waals surface area contributed by atoms with E-state index >= 15 is 0 Å². The minimum absolute atomic E-state index is 0.101. The molecule has 1 aromatic carbocycles. The van der Waals surface area contributed by atoms with E-state index in [0.717, 1.165) is 0 Å². The van der Waals surface area contributed by atoms with Crippen LogP contribution < -0.4 is 4.74 Å². The second-order valence-corrected chi connectivity index (χ2v) is 15.9. The third kappa shape index (κ3) is 10.8. The van der Waals surface area contributed by atoms with Gasteiger partial charge in [0.25, 0.3) is 5.69 Å². The lowest BCUT2D eigenvalue weighted by atomic mass is 10.0. The fourth-order valence-corrected chi connectivity index (χ4v) is 7.56. The molecule has 0 radical (unpaired) electrons. The molecule has 0 bridgehead atoms. The van der Waals surface area contributed by atoms with Crippen LogP contribution in [0, 0.1) is 10.1 Å². The van der Waals surface area contributed by atoms with Gasteiger partial charge in [-0.1, -0.05) is 0 Å². The third-order valence-electron chi connectivity index (χ3n) is 11.5. The molecular formula is C36H53NO27. The molecular weight excluding hydrogens is 878 g/mol. The monoisotopic (exact) mass is 931 g/mol. The molecule has 6 aliphatic heterocycles. The lowest BCUT2D eigenvalue weighted by Gasteiger charge is -2.45. The molecule has 6 heterocycles. The van der Waals surface area contributed by atoms with Crippen molar-refractivity contribution in [1.82, 2.24) is 0 Å². The van der Waals surface area contributed by atoms with Crippen LogP contribution in [0.25, 0.3) is 0 Å². The second kappa shape index (κ2) is 21.2. The van der Waals surface area contributed by atoms with Crippen molar-refractivity contribution >= 4 is 5.69 Å². The van der Waals surface area contributed by atoms with E-state index < -0.39 is 179 Å². The molecule has 1 aromatic rings. The number of rotatable bonds is 13. The maximum absolute atomic E-state index is 10.9. The summed E-state index contributed by atoms with van der Waals surface area (Å²) in [6.45, 7) is -2.63. The molecule has 6 aliphatic rings. The van der Waals surface area contributed by atoms with E-state index in [-0.39, 0.29) is 24.7 Å². The van der Waals surface area contributed by atoms with Crippen molar-refractivity contribution in [2.75, 3.05) is 39.6 Å². The summed E-state index contributed by atoms with van der Waals surface area (Å²) in [7, 11) is 0. The Labute approximate surface area is 361 Å². The fourth-order valence-electron chi connectivity index (χ4n) is 7.56. The highest BCUT2D eigenvalue weighted by Crippen LogP contribution is 2.32. The Morgan fingerprint density at radius 1 is 0.391 bits per heavy atom. The van der Waals surface area contributed by atoms with E-state index in [2.05, 4.69) is 0 Å². The first kappa shape index (κ1) is 49.4. The van der Waals surface area contributed by atoms with Gasteiger partial charge in [-0.15, -0.1) is 0 Å². The van der Waals surface area contributed by atoms with Gasteiger partial charge in [0.15, 0.2) is 31.5 Å². The smallest absolute Gasteiger partial charge is 0.269 e. The number of nitro groups is 1. The number of non-ortho nitro benzene ring substituents is 1. The van der Waals surface area contributed by atoms with Crippen molar-refractivity contribution in [3.8, 4) is 5.75 Å². The Morgan fingerprint density at radius 3 is 0.969 bits per heavy atom. The Balaban J connectivity index is 0.829. The van der Waals surface area contributed by atoms with Crippen molar-refractivity contribution < 1.29 is 128 Å². The van der Waals surface area contributed by atoms with E-state index in [1.165, 1.54) is 24.3 Å². The third-order valence-corrected chi connectivity index (χ3v) is 11.5. The first-order chi connectivity index (χ1) is 30.4. The predicted octanol–water partition coefficient (Wildman–Crippen LogP) is -8.27. The van der Waals surface area contributed by atoms with E-state index in [1.54, 1.807) is 0 Å². The van der Waals surface area contributed by atoms with E-state index in [9.17, 15) is 76.5 Å². The summed E-state index contributed by atoms with van der Waals surface area (Å²) < 4.78 is 66.0.